The predicted molar refractivity (Wildman–Crippen MR) is 119 cm³/mol. The third kappa shape index (κ3) is 4.72. The number of carbonyl (C=O) groups excluding carboxylic acids is 1. The molecule has 0 heterocycles. The summed E-state index contributed by atoms with van der Waals surface area (Å²) in [4.78, 5) is 23.0. The highest BCUT2D eigenvalue weighted by atomic mass is 32.2. The number of amides is 1. The zero-order chi connectivity index (χ0) is 22.6. The minimum Gasteiger partial charge on any atom is -0.324 e. The zero-order valence-electron chi connectivity index (χ0n) is 17.0. The molecule has 3 aromatic carbocycles. The molecule has 31 heavy (non-hydrogen) atoms. The predicted octanol–water partition coefficient (Wildman–Crippen LogP) is 4.05. The molecular weight excluding hydrogens is 418 g/mol. The summed E-state index contributed by atoms with van der Waals surface area (Å²) in [6.07, 6.45) is 0. The summed E-state index contributed by atoms with van der Waals surface area (Å²) in [6.45, 7) is 3.12. The van der Waals surface area contributed by atoms with Crippen LogP contribution < -0.4 is 9.62 Å². The molecule has 0 saturated carbocycles. The lowest BCUT2D eigenvalue weighted by molar-refractivity contribution is -0.387. The number of nitrogens with zero attached hydrogens (tertiary/aromatic N) is 2. The van der Waals surface area contributed by atoms with Crippen molar-refractivity contribution in [2.75, 3.05) is 16.2 Å². The molecule has 0 aliphatic rings. The molecule has 0 spiro atoms. The molecule has 0 aromatic heterocycles. The Labute approximate surface area is 180 Å². The van der Waals surface area contributed by atoms with Gasteiger partial charge in [0.25, 0.3) is 15.7 Å². The second-order valence-corrected chi connectivity index (χ2v) is 8.72. The number of anilines is 2. The number of nitro groups is 1. The van der Waals surface area contributed by atoms with Gasteiger partial charge in [0, 0.05) is 11.8 Å². The van der Waals surface area contributed by atoms with Crippen LogP contribution in [0, 0.1) is 24.0 Å². The fourth-order valence-corrected chi connectivity index (χ4v) is 4.76. The summed E-state index contributed by atoms with van der Waals surface area (Å²) in [5.74, 6) is -0.566. The van der Waals surface area contributed by atoms with E-state index < -0.39 is 38.0 Å². The van der Waals surface area contributed by atoms with E-state index >= 15 is 0 Å². The smallest absolute Gasteiger partial charge is 0.289 e. The van der Waals surface area contributed by atoms with Crippen molar-refractivity contribution in [1.82, 2.24) is 0 Å². The average Bonchev–Trinajstić information content (AvgIpc) is 2.75. The van der Waals surface area contributed by atoms with Gasteiger partial charge in [-0.1, -0.05) is 48.5 Å². The zero-order valence-corrected chi connectivity index (χ0v) is 17.8. The Bertz CT molecular complexity index is 1210. The van der Waals surface area contributed by atoms with Crippen molar-refractivity contribution in [2.24, 2.45) is 0 Å². The van der Waals surface area contributed by atoms with Gasteiger partial charge in [0.05, 0.1) is 10.6 Å². The van der Waals surface area contributed by atoms with E-state index in [2.05, 4.69) is 5.32 Å². The van der Waals surface area contributed by atoms with Gasteiger partial charge < -0.3 is 5.32 Å². The molecule has 0 atom stereocenters. The number of nitro benzene ring substituents is 1. The van der Waals surface area contributed by atoms with Gasteiger partial charge in [0.2, 0.25) is 5.91 Å². The van der Waals surface area contributed by atoms with Gasteiger partial charge in [0.15, 0.2) is 4.90 Å². The Morgan fingerprint density at radius 3 is 2.13 bits per heavy atom. The second-order valence-electron chi connectivity index (χ2n) is 6.89. The van der Waals surface area contributed by atoms with Gasteiger partial charge in [0.1, 0.15) is 6.54 Å². The summed E-state index contributed by atoms with van der Waals surface area (Å²) in [7, 11) is -4.41. The summed E-state index contributed by atoms with van der Waals surface area (Å²) in [5.41, 5.74) is 1.93. The van der Waals surface area contributed by atoms with Gasteiger partial charge >= 0.3 is 0 Å². The first-order valence-corrected chi connectivity index (χ1v) is 10.8. The van der Waals surface area contributed by atoms with Crippen molar-refractivity contribution in [3.8, 4) is 0 Å². The van der Waals surface area contributed by atoms with Gasteiger partial charge in [-0.25, -0.2) is 8.42 Å². The third-order valence-electron chi connectivity index (χ3n) is 4.71. The first-order chi connectivity index (χ1) is 14.7. The van der Waals surface area contributed by atoms with E-state index in [0.29, 0.717) is 5.69 Å². The lowest BCUT2D eigenvalue weighted by atomic mass is 10.1. The number of carbonyl (C=O) groups is 1. The largest absolute Gasteiger partial charge is 0.324 e. The first-order valence-electron chi connectivity index (χ1n) is 9.39. The molecule has 1 amide bonds. The molecule has 0 radical (unpaired) electrons. The van der Waals surface area contributed by atoms with Gasteiger partial charge in [-0.2, -0.15) is 0 Å². The number of para-hydroxylation sites is 3. The maximum absolute atomic E-state index is 13.4. The first kappa shape index (κ1) is 22.0. The van der Waals surface area contributed by atoms with Crippen molar-refractivity contribution in [1.29, 1.82) is 0 Å². The van der Waals surface area contributed by atoms with E-state index in [9.17, 15) is 23.3 Å². The van der Waals surface area contributed by atoms with Crippen molar-refractivity contribution in [3.05, 3.63) is 94.0 Å². The quantitative estimate of drug-likeness (QED) is 0.441. The monoisotopic (exact) mass is 439 g/mol. The average molecular weight is 439 g/mol. The van der Waals surface area contributed by atoms with Crippen LogP contribution in [0.1, 0.15) is 11.1 Å². The highest BCUT2D eigenvalue weighted by molar-refractivity contribution is 7.93. The molecule has 160 valence electrons. The molecule has 0 bridgehead atoms. The maximum Gasteiger partial charge on any atom is 0.289 e. The van der Waals surface area contributed by atoms with E-state index in [1.165, 1.54) is 24.3 Å². The van der Waals surface area contributed by atoms with Crippen molar-refractivity contribution < 1.29 is 18.1 Å². The number of aryl methyl sites for hydroxylation is 2. The fraction of sp³-hybridized carbons (Fsp3) is 0.136. The molecule has 3 aromatic rings. The van der Waals surface area contributed by atoms with Crippen LogP contribution in [0.5, 0.6) is 0 Å². The van der Waals surface area contributed by atoms with E-state index in [4.69, 9.17) is 0 Å². The van der Waals surface area contributed by atoms with Crippen molar-refractivity contribution >= 4 is 33.0 Å². The van der Waals surface area contributed by atoms with Crippen LogP contribution in [-0.2, 0) is 14.8 Å². The van der Waals surface area contributed by atoms with Crippen molar-refractivity contribution in [3.63, 3.8) is 0 Å². The fourth-order valence-electron chi connectivity index (χ4n) is 3.18. The Hall–Kier alpha value is -3.72. The number of benzene rings is 3. The normalized spacial score (nSPS) is 11.0. The Balaban J connectivity index is 2.02. The summed E-state index contributed by atoms with van der Waals surface area (Å²) in [5, 5.41) is 14.2. The summed E-state index contributed by atoms with van der Waals surface area (Å²) in [6, 6.07) is 18.6. The van der Waals surface area contributed by atoms with Crippen LogP contribution in [0.15, 0.2) is 77.7 Å². The number of rotatable bonds is 7. The number of hydrogen-bond acceptors (Lipinski definition) is 5. The van der Waals surface area contributed by atoms with Crippen LogP contribution >= 0.6 is 0 Å². The van der Waals surface area contributed by atoms with Crippen molar-refractivity contribution in [2.45, 2.75) is 18.7 Å². The molecule has 0 fully saturated rings. The van der Waals surface area contributed by atoms with E-state index in [1.54, 1.807) is 18.2 Å². The SMILES string of the molecule is Cc1cccc(C)c1NC(=O)CN(c1ccccc1)S(=O)(=O)c1ccccc1[N+](=O)[O-]. The van der Waals surface area contributed by atoms with Gasteiger partial charge in [-0.15, -0.1) is 0 Å². The number of nitrogens with one attached hydrogen (secondary N) is 1. The van der Waals surface area contributed by atoms with E-state index in [-0.39, 0.29) is 5.69 Å². The van der Waals surface area contributed by atoms with Gasteiger partial charge in [-0.05, 0) is 43.2 Å². The molecule has 0 aliphatic heterocycles. The molecule has 0 aliphatic carbocycles. The van der Waals surface area contributed by atoms with E-state index in [1.807, 2.05) is 32.0 Å². The van der Waals surface area contributed by atoms with Crippen LogP contribution in [0.4, 0.5) is 17.1 Å². The Morgan fingerprint density at radius 2 is 1.52 bits per heavy atom. The van der Waals surface area contributed by atoms with E-state index in [0.717, 1.165) is 27.6 Å². The molecule has 8 nitrogen and oxygen atoms in total. The van der Waals surface area contributed by atoms with Crippen LogP contribution in [0.25, 0.3) is 0 Å². The van der Waals surface area contributed by atoms with Crippen LogP contribution in [0.3, 0.4) is 0 Å². The highest BCUT2D eigenvalue weighted by Gasteiger charge is 2.33. The Kier molecular flexibility index (Phi) is 6.36. The lowest BCUT2D eigenvalue weighted by Crippen LogP contribution is -2.38. The van der Waals surface area contributed by atoms with Crippen LogP contribution in [-0.4, -0.2) is 25.8 Å². The topological polar surface area (TPSA) is 110 Å². The second kappa shape index (κ2) is 8.97. The minimum absolute atomic E-state index is 0.220. The molecule has 0 unspecified atom stereocenters. The molecule has 3 rings (SSSR count). The summed E-state index contributed by atoms with van der Waals surface area (Å²) < 4.78 is 27.7. The maximum atomic E-state index is 13.4. The number of sulfonamides is 1. The molecule has 1 N–H and O–H groups in total. The minimum atomic E-state index is -4.41. The molecular formula is C22H21N3O5S. The third-order valence-corrected chi connectivity index (χ3v) is 6.53. The number of hydrogen-bond donors (Lipinski definition) is 1. The highest BCUT2D eigenvalue weighted by Crippen LogP contribution is 2.30. The van der Waals surface area contributed by atoms with Gasteiger partial charge in [-0.3, -0.25) is 19.2 Å². The Morgan fingerprint density at radius 1 is 0.935 bits per heavy atom. The standard InChI is InChI=1S/C22H21N3O5S/c1-16-9-8-10-17(2)22(16)23-21(26)15-24(18-11-4-3-5-12-18)31(29,30)20-14-7-6-13-19(20)25(27)28/h3-14H,15H2,1-2H3,(H,23,26). The molecule has 9 heteroatoms. The molecule has 0 saturated heterocycles. The van der Waals surface area contributed by atoms with Crippen LogP contribution in [0.2, 0.25) is 0 Å². The lowest BCUT2D eigenvalue weighted by Gasteiger charge is -2.24. The summed E-state index contributed by atoms with van der Waals surface area (Å²) >= 11 is 0.